The topological polar surface area (TPSA) is 102 Å². The molecule has 8 nitrogen and oxygen atoms in total. The van der Waals surface area contributed by atoms with Gasteiger partial charge in [-0.1, -0.05) is 17.7 Å². The highest BCUT2D eigenvalue weighted by atomic mass is 35.5. The first-order valence-corrected chi connectivity index (χ1v) is 10.5. The summed E-state index contributed by atoms with van der Waals surface area (Å²) < 4.78 is 39.4. The average Bonchev–Trinajstić information content (AvgIpc) is 2.84. The van der Waals surface area contributed by atoms with Crippen LogP contribution in [0.2, 0.25) is 5.02 Å². The largest absolute Gasteiger partial charge is 0.482 e. The zero-order valence-electron chi connectivity index (χ0n) is 17.6. The number of aliphatic carboxylic acids is 1. The number of benzene rings is 2. The Morgan fingerprint density at radius 1 is 1.18 bits per heavy atom. The number of hydrogen-bond acceptors (Lipinski definition) is 6. The Bertz CT molecular complexity index is 1230. The maximum absolute atomic E-state index is 14.6. The van der Waals surface area contributed by atoms with Crippen molar-refractivity contribution in [1.29, 1.82) is 0 Å². The van der Waals surface area contributed by atoms with Gasteiger partial charge in [0.05, 0.1) is 17.9 Å². The number of ether oxygens (including phenoxy) is 2. The number of carboxylic acid groups (broad SMARTS) is 1. The highest BCUT2D eigenvalue weighted by Gasteiger charge is 2.37. The lowest BCUT2D eigenvalue weighted by Gasteiger charge is -2.37. The van der Waals surface area contributed by atoms with E-state index in [1.54, 1.807) is 0 Å². The molecule has 1 aliphatic rings. The zero-order valence-corrected chi connectivity index (χ0v) is 18.3. The summed E-state index contributed by atoms with van der Waals surface area (Å²) in [4.78, 5) is 33.5. The van der Waals surface area contributed by atoms with E-state index in [-0.39, 0.29) is 35.9 Å². The highest BCUT2D eigenvalue weighted by Crippen LogP contribution is 2.41. The fourth-order valence-corrected chi connectivity index (χ4v) is 3.99. The molecule has 1 aromatic heterocycles. The second kappa shape index (κ2) is 10.0. The predicted octanol–water partition coefficient (Wildman–Crippen LogP) is 4.16. The van der Waals surface area contributed by atoms with Crippen molar-refractivity contribution in [3.63, 3.8) is 0 Å². The summed E-state index contributed by atoms with van der Waals surface area (Å²) in [5.41, 5.74) is 1.14. The molecule has 11 heteroatoms. The second-order valence-corrected chi connectivity index (χ2v) is 7.83. The van der Waals surface area contributed by atoms with E-state index < -0.39 is 36.3 Å². The van der Waals surface area contributed by atoms with E-state index in [0.717, 1.165) is 6.07 Å². The van der Waals surface area contributed by atoms with E-state index in [2.05, 4.69) is 9.97 Å². The van der Waals surface area contributed by atoms with Crippen LogP contribution >= 0.6 is 11.6 Å². The Morgan fingerprint density at radius 2 is 2.00 bits per heavy atom. The minimum absolute atomic E-state index is 0.00221. The molecule has 0 radical (unpaired) electrons. The quantitative estimate of drug-likeness (QED) is 0.554. The van der Waals surface area contributed by atoms with E-state index in [4.69, 9.17) is 26.2 Å². The molecule has 0 spiro atoms. The van der Waals surface area contributed by atoms with Crippen LogP contribution in [0.1, 0.15) is 28.4 Å². The minimum Gasteiger partial charge on any atom is -0.482 e. The number of rotatable bonds is 6. The molecule has 2 heterocycles. The van der Waals surface area contributed by atoms with E-state index >= 15 is 0 Å². The number of fused-ring (bicyclic) bond motifs is 1. The first-order valence-electron chi connectivity index (χ1n) is 10.1. The van der Waals surface area contributed by atoms with Crippen LogP contribution in [0, 0.1) is 11.6 Å². The monoisotopic (exact) mass is 489 g/mol. The molecule has 2 aromatic carbocycles. The van der Waals surface area contributed by atoms with Gasteiger partial charge in [-0.05, 0) is 41.8 Å². The molecule has 1 N–H and O–H groups in total. The van der Waals surface area contributed by atoms with Crippen molar-refractivity contribution in [1.82, 2.24) is 14.9 Å². The predicted molar refractivity (Wildman–Crippen MR) is 115 cm³/mol. The lowest BCUT2D eigenvalue weighted by atomic mass is 9.87. The summed E-state index contributed by atoms with van der Waals surface area (Å²) in [6.45, 7) is -0.802. The van der Waals surface area contributed by atoms with E-state index in [1.165, 1.54) is 47.8 Å². The van der Waals surface area contributed by atoms with Gasteiger partial charge in [0.1, 0.15) is 12.4 Å². The number of hydrogen-bond donors (Lipinski definition) is 1. The molecule has 0 bridgehead atoms. The summed E-state index contributed by atoms with van der Waals surface area (Å²) in [6, 6.07) is 5.81. The molecule has 176 valence electrons. The van der Waals surface area contributed by atoms with Crippen molar-refractivity contribution in [2.75, 3.05) is 13.2 Å². The Morgan fingerprint density at radius 3 is 2.74 bits per heavy atom. The van der Waals surface area contributed by atoms with Crippen molar-refractivity contribution in [3.05, 3.63) is 88.0 Å². The van der Waals surface area contributed by atoms with Gasteiger partial charge in [-0.15, -0.1) is 0 Å². The van der Waals surface area contributed by atoms with Gasteiger partial charge in [-0.3, -0.25) is 14.9 Å². The molecule has 0 fully saturated rings. The van der Waals surface area contributed by atoms with E-state index in [1.807, 2.05) is 0 Å². The fraction of sp³-hybridized carbons (Fsp3) is 0.217. The smallest absolute Gasteiger partial charge is 0.410 e. The van der Waals surface area contributed by atoms with Crippen molar-refractivity contribution in [3.8, 4) is 5.75 Å². The first kappa shape index (κ1) is 23.4. The normalized spacial score (nSPS) is 14.9. The number of amides is 1. The van der Waals surface area contributed by atoms with Crippen molar-refractivity contribution >= 4 is 23.7 Å². The van der Waals surface area contributed by atoms with E-state index in [0.29, 0.717) is 16.8 Å². The Labute approximate surface area is 197 Å². The Hall–Kier alpha value is -3.79. The molecular weight excluding hydrogens is 472 g/mol. The van der Waals surface area contributed by atoms with Gasteiger partial charge < -0.3 is 14.6 Å². The molecule has 3 aromatic rings. The Balaban J connectivity index is 1.75. The third-order valence-corrected chi connectivity index (χ3v) is 5.49. The lowest BCUT2D eigenvalue weighted by molar-refractivity contribution is -0.139. The van der Waals surface area contributed by atoms with Gasteiger partial charge in [0.15, 0.2) is 18.2 Å². The standard InChI is InChI=1S/C23H18ClF2N3O5/c24-13-1-4-19(33-12-20(30)31)17(9-13)22-16-2-3-18(25)21(26)15(16)5-8-29(22)23(32)34-11-14-10-27-6-7-28-14/h1-4,6-7,9-10,22H,5,8,11-12H2,(H,30,31)/t22-/m0/s1. The van der Waals surface area contributed by atoms with Crippen LogP contribution < -0.4 is 4.74 Å². The number of halogens is 3. The van der Waals surface area contributed by atoms with Crippen molar-refractivity contribution in [2.45, 2.75) is 19.1 Å². The molecule has 0 saturated heterocycles. The second-order valence-electron chi connectivity index (χ2n) is 7.39. The van der Waals surface area contributed by atoms with Crippen LogP contribution in [0.25, 0.3) is 0 Å². The lowest BCUT2D eigenvalue weighted by Crippen LogP contribution is -2.41. The molecule has 4 rings (SSSR count). The molecular formula is C23H18ClF2N3O5. The van der Waals surface area contributed by atoms with Crippen molar-refractivity contribution < 1.29 is 33.0 Å². The van der Waals surface area contributed by atoms with Crippen LogP contribution in [-0.2, 0) is 22.6 Å². The van der Waals surface area contributed by atoms with Gasteiger partial charge in [0.2, 0.25) is 0 Å². The van der Waals surface area contributed by atoms with Crippen LogP contribution in [0.3, 0.4) is 0 Å². The van der Waals surface area contributed by atoms with E-state index in [9.17, 15) is 18.4 Å². The fourth-order valence-electron chi connectivity index (χ4n) is 3.81. The molecule has 0 aliphatic carbocycles. The van der Waals surface area contributed by atoms with Crippen LogP contribution in [0.5, 0.6) is 5.75 Å². The molecule has 1 atom stereocenters. The molecule has 0 saturated carbocycles. The van der Waals surface area contributed by atoms with Gasteiger partial charge in [0.25, 0.3) is 0 Å². The maximum Gasteiger partial charge on any atom is 0.410 e. The van der Waals surface area contributed by atoms with Gasteiger partial charge in [-0.25, -0.2) is 18.4 Å². The van der Waals surface area contributed by atoms with Gasteiger partial charge in [0, 0.05) is 29.5 Å². The highest BCUT2D eigenvalue weighted by molar-refractivity contribution is 6.30. The summed E-state index contributed by atoms with van der Waals surface area (Å²) >= 11 is 6.19. The first-order chi connectivity index (χ1) is 16.3. The number of nitrogens with zero attached hydrogens (tertiary/aromatic N) is 3. The summed E-state index contributed by atoms with van der Waals surface area (Å²) in [5.74, 6) is -3.10. The third kappa shape index (κ3) is 4.91. The van der Waals surface area contributed by atoms with Crippen molar-refractivity contribution in [2.24, 2.45) is 0 Å². The van der Waals surface area contributed by atoms with Crippen LogP contribution in [0.15, 0.2) is 48.9 Å². The summed E-state index contributed by atoms with van der Waals surface area (Å²) in [6.07, 6.45) is 3.69. The minimum atomic E-state index is -1.21. The molecule has 1 amide bonds. The molecule has 0 unspecified atom stereocenters. The summed E-state index contributed by atoms with van der Waals surface area (Å²) in [5, 5.41) is 9.31. The van der Waals surface area contributed by atoms with Gasteiger partial charge >= 0.3 is 12.1 Å². The van der Waals surface area contributed by atoms with Crippen LogP contribution in [0.4, 0.5) is 13.6 Å². The molecule has 1 aliphatic heterocycles. The van der Waals surface area contributed by atoms with Gasteiger partial charge in [-0.2, -0.15) is 0 Å². The summed E-state index contributed by atoms with van der Waals surface area (Å²) in [7, 11) is 0. The SMILES string of the molecule is O=C(O)COc1ccc(Cl)cc1[C@@H]1c2ccc(F)c(F)c2CCN1C(=O)OCc1cnccn1. The maximum atomic E-state index is 14.6. The zero-order chi connectivity index (χ0) is 24.2. The average molecular weight is 490 g/mol. The molecule has 34 heavy (non-hydrogen) atoms. The Kier molecular flexibility index (Phi) is 6.87. The number of carbonyl (C=O) groups excluding carboxylic acids is 1. The number of carbonyl (C=O) groups is 2. The third-order valence-electron chi connectivity index (χ3n) is 5.25. The van der Waals surface area contributed by atoms with Crippen LogP contribution in [-0.4, -0.2) is 45.2 Å². The number of carboxylic acids is 1. The number of aromatic nitrogens is 2.